The molecule has 2 nitrogen and oxygen atoms in total. The van der Waals surface area contributed by atoms with E-state index >= 15 is 0 Å². The second-order valence-corrected chi connectivity index (χ2v) is 5.48. The predicted molar refractivity (Wildman–Crippen MR) is 75.9 cm³/mol. The van der Waals surface area contributed by atoms with E-state index in [1.807, 2.05) is 20.0 Å². The van der Waals surface area contributed by atoms with Crippen LogP contribution in [0.15, 0.2) is 18.2 Å². The molecule has 3 heteroatoms. The largest absolute Gasteiger partial charge is 0.378 e. The van der Waals surface area contributed by atoms with E-state index in [0.717, 1.165) is 25.0 Å². The zero-order valence-corrected chi connectivity index (χ0v) is 11.9. The van der Waals surface area contributed by atoms with Crippen LogP contribution in [-0.2, 0) is 11.2 Å². The maximum atomic E-state index is 13.1. The lowest BCUT2D eigenvalue weighted by molar-refractivity contribution is 0.00568. The number of halogens is 1. The molecule has 106 valence electrons. The van der Waals surface area contributed by atoms with E-state index in [0.29, 0.717) is 12.1 Å². The summed E-state index contributed by atoms with van der Waals surface area (Å²) in [6.07, 6.45) is 5.98. The van der Waals surface area contributed by atoms with Gasteiger partial charge in [0.15, 0.2) is 0 Å². The number of aryl methyl sites for hydroxylation is 1. The van der Waals surface area contributed by atoms with E-state index in [4.69, 9.17) is 4.74 Å². The van der Waals surface area contributed by atoms with Gasteiger partial charge in [-0.3, -0.25) is 0 Å². The maximum Gasteiger partial charge on any atom is 0.123 e. The minimum absolute atomic E-state index is 0.155. The fourth-order valence-corrected chi connectivity index (χ4v) is 2.77. The molecule has 1 N–H and O–H groups in total. The molecule has 0 bridgehead atoms. The quantitative estimate of drug-likeness (QED) is 0.882. The maximum absolute atomic E-state index is 13.1. The van der Waals surface area contributed by atoms with Gasteiger partial charge in [0.05, 0.1) is 6.10 Å². The SMILES string of the molecule is CNC(Cc1ccc(F)cc1C)CC1CCCCO1. The lowest BCUT2D eigenvalue weighted by atomic mass is 9.95. The van der Waals surface area contributed by atoms with Gasteiger partial charge in [0, 0.05) is 12.6 Å². The number of benzene rings is 1. The van der Waals surface area contributed by atoms with Crippen molar-refractivity contribution in [1.29, 1.82) is 0 Å². The van der Waals surface area contributed by atoms with Gasteiger partial charge in [-0.25, -0.2) is 4.39 Å². The van der Waals surface area contributed by atoms with Crippen molar-refractivity contribution in [2.75, 3.05) is 13.7 Å². The smallest absolute Gasteiger partial charge is 0.123 e. The molecule has 1 aliphatic heterocycles. The van der Waals surface area contributed by atoms with Crippen molar-refractivity contribution >= 4 is 0 Å². The first-order valence-electron chi connectivity index (χ1n) is 7.23. The van der Waals surface area contributed by atoms with Crippen LogP contribution in [0.25, 0.3) is 0 Å². The van der Waals surface area contributed by atoms with Crippen molar-refractivity contribution in [2.45, 2.75) is 51.2 Å². The fourth-order valence-electron chi connectivity index (χ4n) is 2.77. The minimum atomic E-state index is -0.155. The van der Waals surface area contributed by atoms with Crippen LogP contribution in [0.4, 0.5) is 4.39 Å². The summed E-state index contributed by atoms with van der Waals surface area (Å²) in [7, 11) is 1.99. The third kappa shape index (κ3) is 4.29. The van der Waals surface area contributed by atoms with E-state index in [-0.39, 0.29) is 5.82 Å². The van der Waals surface area contributed by atoms with Gasteiger partial charge in [0.25, 0.3) is 0 Å². The van der Waals surface area contributed by atoms with Crippen molar-refractivity contribution in [3.8, 4) is 0 Å². The normalized spacial score (nSPS) is 21.3. The molecule has 0 radical (unpaired) electrons. The van der Waals surface area contributed by atoms with Gasteiger partial charge in [-0.05, 0) is 69.3 Å². The zero-order chi connectivity index (χ0) is 13.7. The van der Waals surface area contributed by atoms with Gasteiger partial charge in [-0.15, -0.1) is 0 Å². The van der Waals surface area contributed by atoms with Gasteiger partial charge in [0.2, 0.25) is 0 Å². The van der Waals surface area contributed by atoms with Crippen LogP contribution < -0.4 is 5.32 Å². The van der Waals surface area contributed by atoms with Crippen LogP contribution in [0.3, 0.4) is 0 Å². The molecule has 1 aromatic carbocycles. The molecular formula is C16H24FNO. The Bertz CT molecular complexity index is 402. The molecule has 0 aromatic heterocycles. The lowest BCUT2D eigenvalue weighted by Crippen LogP contribution is -2.34. The number of likely N-dealkylation sites (N-methyl/N-ethyl adjacent to an activating group) is 1. The summed E-state index contributed by atoms with van der Waals surface area (Å²) in [4.78, 5) is 0. The lowest BCUT2D eigenvalue weighted by Gasteiger charge is -2.27. The summed E-state index contributed by atoms with van der Waals surface area (Å²) in [5.41, 5.74) is 2.25. The molecule has 1 fully saturated rings. The predicted octanol–water partition coefficient (Wildman–Crippen LogP) is 3.22. The van der Waals surface area contributed by atoms with Crippen LogP contribution >= 0.6 is 0 Å². The van der Waals surface area contributed by atoms with Gasteiger partial charge in [0.1, 0.15) is 5.82 Å². The molecule has 0 saturated carbocycles. The Morgan fingerprint density at radius 2 is 2.26 bits per heavy atom. The Morgan fingerprint density at radius 3 is 2.89 bits per heavy atom. The molecular weight excluding hydrogens is 241 g/mol. The molecule has 1 saturated heterocycles. The molecule has 19 heavy (non-hydrogen) atoms. The Morgan fingerprint density at radius 1 is 1.42 bits per heavy atom. The van der Waals surface area contributed by atoms with E-state index < -0.39 is 0 Å². The topological polar surface area (TPSA) is 21.3 Å². The molecule has 1 aromatic rings. The summed E-state index contributed by atoms with van der Waals surface area (Å²) in [5, 5.41) is 3.37. The monoisotopic (exact) mass is 265 g/mol. The third-order valence-electron chi connectivity index (χ3n) is 4.00. The highest BCUT2D eigenvalue weighted by atomic mass is 19.1. The average Bonchev–Trinajstić information content (AvgIpc) is 2.42. The Labute approximate surface area is 115 Å². The van der Waals surface area contributed by atoms with Crippen molar-refractivity contribution in [2.24, 2.45) is 0 Å². The Balaban J connectivity index is 1.94. The van der Waals surface area contributed by atoms with E-state index in [1.165, 1.54) is 24.8 Å². The average molecular weight is 265 g/mol. The first-order valence-corrected chi connectivity index (χ1v) is 7.23. The fraction of sp³-hybridized carbons (Fsp3) is 0.625. The number of hydrogen-bond acceptors (Lipinski definition) is 2. The van der Waals surface area contributed by atoms with Crippen LogP contribution in [0, 0.1) is 12.7 Å². The number of ether oxygens (including phenoxy) is 1. The summed E-state index contributed by atoms with van der Waals surface area (Å²) in [6.45, 7) is 2.87. The molecule has 2 unspecified atom stereocenters. The van der Waals surface area contributed by atoms with Gasteiger partial charge in [-0.2, -0.15) is 0 Å². The van der Waals surface area contributed by atoms with Crippen molar-refractivity contribution in [3.63, 3.8) is 0 Å². The van der Waals surface area contributed by atoms with Crippen molar-refractivity contribution in [3.05, 3.63) is 35.1 Å². The van der Waals surface area contributed by atoms with Crippen molar-refractivity contribution < 1.29 is 9.13 Å². The summed E-state index contributed by atoms with van der Waals surface area (Å²) in [6, 6.07) is 5.45. The molecule has 0 amide bonds. The third-order valence-corrected chi connectivity index (χ3v) is 4.00. The molecule has 0 spiro atoms. The van der Waals surface area contributed by atoms with E-state index in [2.05, 4.69) is 5.32 Å². The molecule has 1 heterocycles. The second-order valence-electron chi connectivity index (χ2n) is 5.48. The van der Waals surface area contributed by atoms with Gasteiger partial charge < -0.3 is 10.1 Å². The first kappa shape index (κ1) is 14.5. The minimum Gasteiger partial charge on any atom is -0.378 e. The number of rotatable bonds is 5. The molecule has 2 rings (SSSR count). The second kappa shape index (κ2) is 7.01. The highest BCUT2D eigenvalue weighted by molar-refractivity contribution is 5.27. The summed E-state index contributed by atoms with van der Waals surface area (Å²) in [5.74, 6) is -0.155. The van der Waals surface area contributed by atoms with Gasteiger partial charge in [-0.1, -0.05) is 6.07 Å². The highest BCUT2D eigenvalue weighted by Crippen LogP contribution is 2.20. The summed E-state index contributed by atoms with van der Waals surface area (Å²) < 4.78 is 18.9. The molecule has 1 aliphatic rings. The highest BCUT2D eigenvalue weighted by Gasteiger charge is 2.19. The van der Waals surface area contributed by atoms with Crippen LogP contribution in [-0.4, -0.2) is 25.8 Å². The van der Waals surface area contributed by atoms with Crippen molar-refractivity contribution in [1.82, 2.24) is 5.32 Å². The zero-order valence-electron chi connectivity index (χ0n) is 11.9. The molecule has 2 atom stereocenters. The van der Waals surface area contributed by atoms with Crippen LogP contribution in [0.1, 0.15) is 36.8 Å². The van der Waals surface area contributed by atoms with Crippen LogP contribution in [0.5, 0.6) is 0 Å². The first-order chi connectivity index (χ1) is 9.19. The van der Waals surface area contributed by atoms with E-state index in [9.17, 15) is 4.39 Å². The Kier molecular flexibility index (Phi) is 5.34. The standard InChI is InChI=1S/C16H24FNO/c1-12-9-14(17)7-6-13(12)10-15(18-2)11-16-5-3-4-8-19-16/h6-7,9,15-16,18H,3-5,8,10-11H2,1-2H3. The Hall–Kier alpha value is -0.930. The van der Waals surface area contributed by atoms with Gasteiger partial charge >= 0.3 is 0 Å². The summed E-state index contributed by atoms with van der Waals surface area (Å²) >= 11 is 0. The van der Waals surface area contributed by atoms with E-state index in [1.54, 1.807) is 12.1 Å². The number of hydrogen-bond donors (Lipinski definition) is 1. The molecule has 0 aliphatic carbocycles. The number of nitrogens with one attached hydrogen (secondary N) is 1. The van der Waals surface area contributed by atoms with Crippen LogP contribution in [0.2, 0.25) is 0 Å².